The van der Waals surface area contributed by atoms with E-state index >= 15 is 0 Å². The quantitative estimate of drug-likeness (QED) is 0.486. The standard InChI is InChI=1S/C32H36N2O4/c1-6-16-34-17-15-31-28-23-10-11-24(35)29(28)38-30(31,4)25(13-14-32(31,37)26(34)19-23)33(5)27(36)12-9-22-8-7-20(2)21(3)18-22/h6-8,10-11,18,25-26,35,37H,1,13-17,19H2,2-5H3/t25-,26-,30+,31+,32-/m1/s1. The Morgan fingerprint density at radius 2 is 2.05 bits per heavy atom. The number of hydrogen-bond donors (Lipinski definition) is 2. The van der Waals surface area contributed by atoms with Gasteiger partial charge in [0.2, 0.25) is 0 Å². The van der Waals surface area contributed by atoms with Crippen LogP contribution in [0, 0.1) is 25.7 Å². The van der Waals surface area contributed by atoms with Gasteiger partial charge in [-0.25, -0.2) is 0 Å². The summed E-state index contributed by atoms with van der Waals surface area (Å²) >= 11 is 0. The van der Waals surface area contributed by atoms with Gasteiger partial charge in [0.25, 0.3) is 5.91 Å². The Morgan fingerprint density at radius 1 is 1.26 bits per heavy atom. The summed E-state index contributed by atoms with van der Waals surface area (Å²) in [4.78, 5) is 17.5. The van der Waals surface area contributed by atoms with Crippen molar-refractivity contribution < 1.29 is 19.7 Å². The predicted octanol–water partition coefficient (Wildman–Crippen LogP) is 3.62. The summed E-state index contributed by atoms with van der Waals surface area (Å²) in [6.07, 6.45) is 4.36. The minimum atomic E-state index is -1.06. The minimum absolute atomic E-state index is 0.0883. The maximum Gasteiger partial charge on any atom is 0.298 e. The van der Waals surface area contributed by atoms with Gasteiger partial charge in [-0.05, 0) is 81.3 Å². The Hall–Kier alpha value is -3.27. The number of piperidine rings is 1. The highest BCUT2D eigenvalue weighted by Crippen LogP contribution is 2.69. The SMILES string of the molecule is C=CCN1CC[C@]23c4c5ccc(O)c4O[C@@]2(C)[C@H](N(C)C(=O)C#Cc2ccc(C)c(C)c2)CC[C@@]3(O)[C@H]1C5. The number of phenolic OH excluding ortho intramolecular Hbond substituents is 1. The second kappa shape index (κ2) is 8.36. The van der Waals surface area contributed by atoms with Crippen molar-refractivity contribution >= 4 is 5.91 Å². The number of aromatic hydroxyl groups is 1. The van der Waals surface area contributed by atoms with Crippen LogP contribution in [0.3, 0.4) is 0 Å². The topological polar surface area (TPSA) is 73.2 Å². The number of ether oxygens (including phenoxy) is 1. The first-order chi connectivity index (χ1) is 18.1. The van der Waals surface area contributed by atoms with Crippen LogP contribution in [0.15, 0.2) is 43.0 Å². The van der Waals surface area contributed by atoms with Crippen molar-refractivity contribution in [2.75, 3.05) is 20.1 Å². The van der Waals surface area contributed by atoms with Crippen LogP contribution < -0.4 is 4.74 Å². The van der Waals surface area contributed by atoms with Crippen LogP contribution in [0.25, 0.3) is 0 Å². The summed E-state index contributed by atoms with van der Waals surface area (Å²) < 4.78 is 6.74. The van der Waals surface area contributed by atoms with Crippen LogP contribution in [-0.2, 0) is 16.6 Å². The number of likely N-dealkylation sites (N-methyl/N-ethyl adjacent to an activating group) is 1. The Kier molecular flexibility index (Phi) is 5.51. The monoisotopic (exact) mass is 512 g/mol. The lowest BCUT2D eigenvalue weighted by Gasteiger charge is -2.67. The van der Waals surface area contributed by atoms with Gasteiger partial charge in [0.15, 0.2) is 11.5 Å². The molecule has 0 aromatic heterocycles. The highest BCUT2D eigenvalue weighted by Gasteiger charge is 2.78. The van der Waals surface area contributed by atoms with Gasteiger partial charge in [0, 0.05) is 43.2 Å². The van der Waals surface area contributed by atoms with Crippen molar-refractivity contribution in [2.45, 2.75) is 75.2 Å². The van der Waals surface area contributed by atoms with Crippen molar-refractivity contribution in [3.05, 3.63) is 70.8 Å². The normalized spacial score (nSPS) is 32.4. The molecular formula is C32H36N2O4. The van der Waals surface area contributed by atoms with E-state index in [0.717, 1.165) is 28.8 Å². The van der Waals surface area contributed by atoms with Crippen LogP contribution in [0.5, 0.6) is 11.5 Å². The summed E-state index contributed by atoms with van der Waals surface area (Å²) in [6.45, 7) is 11.5. The van der Waals surface area contributed by atoms with Crippen LogP contribution in [0.4, 0.5) is 0 Å². The summed E-state index contributed by atoms with van der Waals surface area (Å²) in [7, 11) is 1.79. The molecule has 2 aliphatic carbocycles. The third-order valence-electron chi connectivity index (χ3n) is 10.1. The second-order valence-electron chi connectivity index (χ2n) is 11.8. The van der Waals surface area contributed by atoms with Gasteiger partial charge in [-0.15, -0.1) is 6.58 Å². The van der Waals surface area contributed by atoms with Crippen molar-refractivity contribution in [3.63, 3.8) is 0 Å². The van der Waals surface area contributed by atoms with E-state index in [2.05, 4.69) is 30.2 Å². The third-order valence-corrected chi connectivity index (χ3v) is 10.1. The van der Waals surface area contributed by atoms with Crippen molar-refractivity contribution in [2.24, 2.45) is 0 Å². The van der Waals surface area contributed by atoms with Gasteiger partial charge >= 0.3 is 0 Å². The van der Waals surface area contributed by atoms with Gasteiger partial charge < -0.3 is 19.8 Å². The van der Waals surface area contributed by atoms with Gasteiger partial charge in [-0.3, -0.25) is 9.69 Å². The molecule has 2 fully saturated rings. The lowest BCUT2D eigenvalue weighted by Crippen LogP contribution is -2.82. The maximum absolute atomic E-state index is 13.5. The molecule has 2 aromatic carbocycles. The van der Waals surface area contributed by atoms with Crippen molar-refractivity contribution in [1.29, 1.82) is 0 Å². The number of hydrogen-bond acceptors (Lipinski definition) is 5. The molecule has 2 aromatic rings. The number of rotatable bonds is 3. The van der Waals surface area contributed by atoms with E-state index in [4.69, 9.17) is 4.74 Å². The van der Waals surface area contributed by atoms with Crippen molar-refractivity contribution in [3.8, 4) is 23.3 Å². The molecule has 1 saturated carbocycles. The fourth-order valence-corrected chi connectivity index (χ4v) is 8.18. The molecule has 6 heteroatoms. The van der Waals surface area contributed by atoms with Crippen LogP contribution in [-0.4, -0.2) is 69.3 Å². The number of carbonyl (C=O) groups excluding carboxylic acids is 1. The summed E-state index contributed by atoms with van der Waals surface area (Å²) in [5.74, 6) is 6.16. The highest BCUT2D eigenvalue weighted by atomic mass is 16.5. The van der Waals surface area contributed by atoms with Crippen LogP contribution in [0.2, 0.25) is 0 Å². The Balaban J connectivity index is 1.42. The molecule has 2 aliphatic heterocycles. The number of carbonyl (C=O) groups is 1. The largest absolute Gasteiger partial charge is 0.504 e. The number of benzene rings is 2. The number of phenols is 1. The fraction of sp³-hybridized carbons (Fsp3) is 0.469. The molecule has 1 saturated heterocycles. The molecule has 2 heterocycles. The van der Waals surface area contributed by atoms with Crippen molar-refractivity contribution in [1.82, 2.24) is 9.80 Å². The third kappa shape index (κ3) is 3.06. The average Bonchev–Trinajstić information content (AvgIpc) is 3.16. The molecule has 6 rings (SSSR count). The first kappa shape index (κ1) is 25.0. The first-order valence-electron chi connectivity index (χ1n) is 13.5. The van der Waals surface area contributed by atoms with E-state index in [1.807, 2.05) is 44.2 Å². The number of likely N-dealkylation sites (tertiary alicyclic amines) is 1. The number of aliphatic hydroxyl groups is 1. The van der Waals surface area contributed by atoms with E-state index in [-0.39, 0.29) is 23.7 Å². The molecule has 1 spiro atoms. The molecule has 6 nitrogen and oxygen atoms in total. The molecule has 2 bridgehead atoms. The second-order valence-corrected chi connectivity index (χ2v) is 11.8. The minimum Gasteiger partial charge on any atom is -0.504 e. The summed E-state index contributed by atoms with van der Waals surface area (Å²) in [5.41, 5.74) is 2.44. The van der Waals surface area contributed by atoms with Gasteiger partial charge in [-0.2, -0.15) is 0 Å². The number of aryl methyl sites for hydroxylation is 2. The summed E-state index contributed by atoms with van der Waals surface area (Å²) in [6, 6.07) is 9.20. The Morgan fingerprint density at radius 3 is 2.79 bits per heavy atom. The summed E-state index contributed by atoms with van der Waals surface area (Å²) in [5, 5.41) is 23.5. The van der Waals surface area contributed by atoms with E-state index < -0.39 is 16.6 Å². The molecule has 1 amide bonds. The van der Waals surface area contributed by atoms with Crippen LogP contribution >= 0.6 is 0 Å². The molecule has 4 aliphatic rings. The zero-order chi connectivity index (χ0) is 27.0. The van der Waals surface area contributed by atoms with E-state index in [0.29, 0.717) is 38.0 Å². The van der Waals surface area contributed by atoms with Gasteiger partial charge in [0.1, 0.15) is 5.60 Å². The lowest BCUT2D eigenvalue weighted by molar-refractivity contribution is -0.227. The van der Waals surface area contributed by atoms with Gasteiger partial charge in [-0.1, -0.05) is 24.1 Å². The Labute approximate surface area is 224 Å². The molecule has 5 atom stereocenters. The maximum atomic E-state index is 13.5. The molecule has 0 unspecified atom stereocenters. The molecule has 2 N–H and O–H groups in total. The lowest BCUT2D eigenvalue weighted by atomic mass is 9.44. The zero-order valence-corrected chi connectivity index (χ0v) is 22.7. The Bertz CT molecular complexity index is 1420. The highest BCUT2D eigenvalue weighted by molar-refractivity contribution is 5.94. The number of amides is 1. The average molecular weight is 513 g/mol. The van der Waals surface area contributed by atoms with E-state index in [9.17, 15) is 15.0 Å². The fourth-order valence-electron chi connectivity index (χ4n) is 8.18. The molecular weight excluding hydrogens is 476 g/mol. The smallest absolute Gasteiger partial charge is 0.298 e. The predicted molar refractivity (Wildman–Crippen MR) is 146 cm³/mol. The van der Waals surface area contributed by atoms with Gasteiger partial charge in [0.05, 0.1) is 17.1 Å². The first-order valence-corrected chi connectivity index (χ1v) is 13.5. The molecule has 198 valence electrons. The van der Waals surface area contributed by atoms with E-state index in [1.54, 1.807) is 18.0 Å². The zero-order valence-electron chi connectivity index (χ0n) is 22.7. The molecule has 38 heavy (non-hydrogen) atoms. The number of nitrogens with zero attached hydrogens (tertiary/aromatic N) is 2. The van der Waals surface area contributed by atoms with E-state index in [1.165, 1.54) is 5.56 Å². The van der Waals surface area contributed by atoms with Crippen LogP contribution in [0.1, 0.15) is 54.0 Å². The molecule has 0 radical (unpaired) electrons.